The zero-order valence-electron chi connectivity index (χ0n) is 35.5. The summed E-state index contributed by atoms with van der Waals surface area (Å²) in [4.78, 5) is 2.46. The molecule has 0 aliphatic rings. The van der Waals surface area contributed by atoms with Gasteiger partial charge in [-0.3, -0.25) is 0 Å². The Balaban J connectivity index is 1.05. The minimum absolute atomic E-state index is 1.07. The quantitative estimate of drug-likeness (QED) is 0.156. The highest BCUT2D eigenvalue weighted by Crippen LogP contribution is 2.46. The number of rotatable bonds is 7. The Kier molecular flexibility index (Phi) is 8.53. The van der Waals surface area contributed by atoms with E-state index in [1.165, 1.54) is 87.6 Å². The van der Waals surface area contributed by atoms with Crippen LogP contribution in [-0.4, -0.2) is 9.13 Å². The Morgan fingerprint density at radius 1 is 0.292 bits per heavy atom. The molecule has 13 aromatic rings. The topological polar surface area (TPSA) is 13.1 Å². The number of aromatic nitrogens is 2. The molecule has 0 bridgehead atoms. The molecule has 0 N–H and O–H groups in total. The van der Waals surface area contributed by atoms with Crippen LogP contribution in [0.3, 0.4) is 0 Å². The van der Waals surface area contributed by atoms with Gasteiger partial charge >= 0.3 is 0 Å². The summed E-state index contributed by atoms with van der Waals surface area (Å²) in [6, 6.07) is 90.8. The van der Waals surface area contributed by atoms with Crippen LogP contribution in [0.5, 0.6) is 0 Å². The molecule has 0 spiro atoms. The molecule has 0 radical (unpaired) electrons. The molecule has 2 heterocycles. The predicted molar refractivity (Wildman–Crippen MR) is 276 cm³/mol. The van der Waals surface area contributed by atoms with E-state index in [0.717, 1.165) is 28.3 Å². The van der Waals surface area contributed by atoms with Gasteiger partial charge in [0, 0.05) is 44.0 Å². The van der Waals surface area contributed by atoms with Crippen molar-refractivity contribution < 1.29 is 0 Å². The van der Waals surface area contributed by atoms with Crippen LogP contribution in [-0.2, 0) is 0 Å². The molecule has 0 fully saturated rings. The molecule has 2 aromatic heterocycles. The van der Waals surface area contributed by atoms with Gasteiger partial charge in [0.25, 0.3) is 0 Å². The number of anilines is 3. The molecule has 13 rings (SSSR count). The van der Waals surface area contributed by atoms with E-state index < -0.39 is 0 Å². The smallest absolute Gasteiger partial charge is 0.0562 e. The highest BCUT2D eigenvalue weighted by Gasteiger charge is 2.23. The minimum Gasteiger partial charge on any atom is -0.310 e. The van der Waals surface area contributed by atoms with Gasteiger partial charge in [-0.25, -0.2) is 0 Å². The van der Waals surface area contributed by atoms with E-state index in [1.54, 1.807) is 0 Å². The van der Waals surface area contributed by atoms with Gasteiger partial charge in [0.2, 0.25) is 0 Å². The lowest BCUT2D eigenvalue weighted by Crippen LogP contribution is -2.11. The molecule has 0 aliphatic heterocycles. The Bertz CT molecular complexity index is 3880. The second kappa shape index (κ2) is 15.0. The zero-order valence-corrected chi connectivity index (χ0v) is 35.5. The maximum absolute atomic E-state index is 2.46. The van der Waals surface area contributed by atoms with Crippen molar-refractivity contribution in [2.45, 2.75) is 0 Å². The van der Waals surface area contributed by atoms with Gasteiger partial charge in [-0.15, -0.1) is 0 Å². The largest absolute Gasteiger partial charge is 0.310 e. The molecule has 304 valence electrons. The van der Waals surface area contributed by atoms with E-state index in [1.807, 2.05) is 0 Å². The van der Waals surface area contributed by atoms with Gasteiger partial charge in [-0.2, -0.15) is 0 Å². The first-order valence-electron chi connectivity index (χ1n) is 22.4. The van der Waals surface area contributed by atoms with Crippen molar-refractivity contribution in [3.05, 3.63) is 249 Å². The molecular weight excluding hydrogens is 787 g/mol. The molecule has 0 amide bonds. The number of hydrogen-bond acceptors (Lipinski definition) is 1. The lowest BCUT2D eigenvalue weighted by molar-refractivity contribution is 1.17. The van der Waals surface area contributed by atoms with Gasteiger partial charge in [0.05, 0.1) is 33.4 Å². The summed E-state index contributed by atoms with van der Waals surface area (Å²) < 4.78 is 4.87. The van der Waals surface area contributed by atoms with Crippen molar-refractivity contribution in [2.75, 3.05) is 4.90 Å². The number of benzene rings is 11. The predicted octanol–water partition coefficient (Wildman–Crippen LogP) is 17.0. The maximum atomic E-state index is 2.46. The lowest BCUT2D eigenvalue weighted by atomic mass is 9.91. The van der Waals surface area contributed by atoms with E-state index in [9.17, 15) is 0 Å². The summed E-state index contributed by atoms with van der Waals surface area (Å²) in [6.45, 7) is 0. The second-order valence-electron chi connectivity index (χ2n) is 16.9. The van der Waals surface area contributed by atoms with Crippen LogP contribution < -0.4 is 4.90 Å². The fraction of sp³-hybridized carbons (Fsp3) is 0. The molecule has 0 atom stereocenters. The highest BCUT2D eigenvalue weighted by molar-refractivity contribution is 6.17. The first kappa shape index (κ1) is 36.9. The lowest BCUT2D eigenvalue weighted by Gasteiger charge is -2.27. The monoisotopic (exact) mass is 827 g/mol. The Labute approximate surface area is 376 Å². The van der Waals surface area contributed by atoms with Crippen LogP contribution in [0.25, 0.3) is 98.8 Å². The molecule has 11 aromatic carbocycles. The standard InChI is InChI=1S/C62H41N3/c1-2-17-43(18-3-1)50-29-12-21-45-22-13-30-51(61(45)50)44-37-39-46(40-38-44)63(47-23-15-24-48(41-47)64-56-31-9-6-26-52(56)53-27-7-10-32-57(53)64)59-35-16-36-60-62(59)54-28-8-11-33-58(54)65(60)55-34-14-20-42-19-4-5-25-49(42)55/h1-41H. The van der Waals surface area contributed by atoms with Crippen molar-refractivity contribution in [1.29, 1.82) is 0 Å². The first-order valence-corrected chi connectivity index (χ1v) is 22.4. The van der Waals surface area contributed by atoms with Gasteiger partial charge in [0.1, 0.15) is 0 Å². The Hall–Kier alpha value is -8.66. The minimum atomic E-state index is 1.07. The van der Waals surface area contributed by atoms with Crippen molar-refractivity contribution >= 4 is 82.2 Å². The molecular formula is C62H41N3. The number of para-hydroxylation sites is 3. The average Bonchev–Trinajstić information content (AvgIpc) is 3.90. The van der Waals surface area contributed by atoms with Crippen LogP contribution in [0, 0.1) is 0 Å². The zero-order chi connectivity index (χ0) is 42.8. The van der Waals surface area contributed by atoms with E-state index in [2.05, 4.69) is 263 Å². The van der Waals surface area contributed by atoms with Crippen molar-refractivity contribution in [3.8, 4) is 33.6 Å². The Morgan fingerprint density at radius 2 is 0.815 bits per heavy atom. The molecule has 0 saturated heterocycles. The van der Waals surface area contributed by atoms with Gasteiger partial charge in [-0.05, 0) is 105 Å². The van der Waals surface area contributed by atoms with Crippen LogP contribution in [0.2, 0.25) is 0 Å². The Morgan fingerprint density at radius 3 is 1.54 bits per heavy atom. The van der Waals surface area contributed by atoms with E-state index >= 15 is 0 Å². The normalized spacial score (nSPS) is 11.7. The van der Waals surface area contributed by atoms with Crippen molar-refractivity contribution in [2.24, 2.45) is 0 Å². The summed E-state index contributed by atoms with van der Waals surface area (Å²) in [5, 5.41) is 9.82. The van der Waals surface area contributed by atoms with Gasteiger partial charge < -0.3 is 14.0 Å². The fourth-order valence-electron chi connectivity index (χ4n) is 10.5. The van der Waals surface area contributed by atoms with E-state index in [-0.39, 0.29) is 0 Å². The van der Waals surface area contributed by atoms with E-state index in [0.29, 0.717) is 0 Å². The number of hydrogen-bond donors (Lipinski definition) is 0. The summed E-state index contributed by atoms with van der Waals surface area (Å²) in [6.07, 6.45) is 0. The third-order valence-corrected chi connectivity index (χ3v) is 13.3. The second-order valence-corrected chi connectivity index (χ2v) is 16.9. The van der Waals surface area contributed by atoms with Crippen LogP contribution in [0.4, 0.5) is 17.1 Å². The SMILES string of the molecule is c1ccc(-c2cccc3cccc(-c4ccc(N(c5cccc(-n6c7ccccc7c7ccccc76)c5)c5cccc6c5c5ccccc5n6-c5cccc6ccccc56)cc4)c23)cc1. The fourth-order valence-corrected chi connectivity index (χ4v) is 10.5. The third-order valence-electron chi connectivity index (χ3n) is 13.3. The number of nitrogens with zero attached hydrogens (tertiary/aromatic N) is 3. The summed E-state index contributed by atoms with van der Waals surface area (Å²) in [7, 11) is 0. The van der Waals surface area contributed by atoms with Gasteiger partial charge in [-0.1, -0.05) is 182 Å². The molecule has 3 heteroatoms. The van der Waals surface area contributed by atoms with Crippen LogP contribution in [0.15, 0.2) is 249 Å². The molecule has 0 saturated carbocycles. The molecule has 0 unspecified atom stereocenters. The van der Waals surface area contributed by atoms with Crippen LogP contribution in [0.1, 0.15) is 0 Å². The van der Waals surface area contributed by atoms with Gasteiger partial charge in [0.15, 0.2) is 0 Å². The maximum Gasteiger partial charge on any atom is 0.0562 e. The summed E-state index contributed by atoms with van der Waals surface area (Å²) >= 11 is 0. The molecule has 65 heavy (non-hydrogen) atoms. The average molecular weight is 828 g/mol. The third kappa shape index (κ3) is 5.90. The summed E-state index contributed by atoms with van der Waals surface area (Å²) in [5.41, 5.74) is 15.1. The highest BCUT2D eigenvalue weighted by atomic mass is 15.2. The number of fused-ring (bicyclic) bond motifs is 8. The van der Waals surface area contributed by atoms with E-state index in [4.69, 9.17) is 0 Å². The summed E-state index contributed by atoms with van der Waals surface area (Å²) in [5.74, 6) is 0. The van der Waals surface area contributed by atoms with Crippen LogP contribution >= 0.6 is 0 Å². The molecule has 0 aliphatic carbocycles. The van der Waals surface area contributed by atoms with Crippen molar-refractivity contribution in [3.63, 3.8) is 0 Å². The molecule has 3 nitrogen and oxygen atoms in total. The van der Waals surface area contributed by atoms with Crippen molar-refractivity contribution in [1.82, 2.24) is 9.13 Å². The first-order chi connectivity index (χ1) is 32.3.